The molecule has 2 aliphatic rings. The fourth-order valence-electron chi connectivity index (χ4n) is 2.57. The van der Waals surface area contributed by atoms with Crippen LogP contribution in [0.1, 0.15) is 19.3 Å². The molecule has 1 aliphatic carbocycles. The second-order valence-corrected chi connectivity index (χ2v) is 5.43. The largest absolute Gasteiger partial charge is 0.376 e. The normalized spacial score (nSPS) is 33.6. The van der Waals surface area contributed by atoms with Crippen molar-refractivity contribution in [2.24, 2.45) is 11.8 Å². The van der Waals surface area contributed by atoms with Gasteiger partial charge < -0.3 is 14.8 Å². The summed E-state index contributed by atoms with van der Waals surface area (Å²) in [7, 11) is 0. The lowest BCUT2D eigenvalue weighted by molar-refractivity contribution is -0.147. The molecule has 2 fully saturated rings. The van der Waals surface area contributed by atoms with Gasteiger partial charge in [-0.2, -0.15) is 0 Å². The maximum absolute atomic E-state index is 11.8. The number of carbonyl (C=O) groups is 1. The van der Waals surface area contributed by atoms with Crippen molar-refractivity contribution >= 4 is 21.8 Å². The van der Waals surface area contributed by atoms with E-state index in [1.54, 1.807) is 0 Å². The summed E-state index contributed by atoms with van der Waals surface area (Å²) in [6.45, 7) is 2.27. The number of rotatable bonds is 4. The Kier molecular flexibility index (Phi) is 5.25. The van der Waals surface area contributed by atoms with Crippen molar-refractivity contribution in [2.45, 2.75) is 25.4 Å². The molecule has 0 aromatic rings. The van der Waals surface area contributed by atoms with Gasteiger partial charge in [0.1, 0.15) is 0 Å². The minimum Gasteiger partial charge on any atom is -0.376 e. The van der Waals surface area contributed by atoms with Gasteiger partial charge in [-0.25, -0.2) is 0 Å². The van der Waals surface area contributed by atoms with Gasteiger partial charge in [0.2, 0.25) is 0 Å². The molecule has 1 amide bonds. The molecule has 3 atom stereocenters. The van der Waals surface area contributed by atoms with Gasteiger partial charge in [0, 0.05) is 11.9 Å². The average molecular weight is 306 g/mol. The first kappa shape index (κ1) is 13.3. The Hall–Kier alpha value is -0.130. The van der Waals surface area contributed by atoms with Crippen molar-refractivity contribution in [1.82, 2.24) is 5.32 Å². The number of nitrogens with one attached hydrogen (secondary N) is 1. The van der Waals surface area contributed by atoms with E-state index in [2.05, 4.69) is 21.2 Å². The Balaban J connectivity index is 1.71. The van der Waals surface area contributed by atoms with E-state index in [-0.39, 0.29) is 5.91 Å². The fourth-order valence-corrected chi connectivity index (χ4v) is 3.42. The highest BCUT2D eigenvalue weighted by Crippen LogP contribution is 2.32. The van der Waals surface area contributed by atoms with E-state index in [0.717, 1.165) is 11.9 Å². The van der Waals surface area contributed by atoms with Crippen LogP contribution in [0.4, 0.5) is 0 Å². The molecule has 0 aromatic heterocycles. The molecule has 3 unspecified atom stereocenters. The molecule has 0 aromatic carbocycles. The van der Waals surface area contributed by atoms with E-state index in [1.807, 2.05) is 0 Å². The number of carbonyl (C=O) groups excluding carboxylic acids is 1. The number of ether oxygens (including phenoxy) is 2. The Morgan fingerprint density at radius 1 is 1.29 bits per heavy atom. The Morgan fingerprint density at radius 2 is 2.12 bits per heavy atom. The molecule has 1 N–H and O–H groups in total. The van der Waals surface area contributed by atoms with E-state index in [9.17, 15) is 4.79 Å². The van der Waals surface area contributed by atoms with Gasteiger partial charge in [0.15, 0.2) is 6.10 Å². The quantitative estimate of drug-likeness (QED) is 0.797. The summed E-state index contributed by atoms with van der Waals surface area (Å²) in [6, 6.07) is 0. The van der Waals surface area contributed by atoms with Crippen molar-refractivity contribution in [3.63, 3.8) is 0 Å². The fraction of sp³-hybridized carbons (Fsp3) is 0.917. The van der Waals surface area contributed by atoms with Crippen LogP contribution in [-0.2, 0) is 14.3 Å². The monoisotopic (exact) mass is 305 g/mol. The molecule has 0 spiro atoms. The van der Waals surface area contributed by atoms with Gasteiger partial charge in [-0.3, -0.25) is 4.79 Å². The molecule has 98 valence electrons. The van der Waals surface area contributed by atoms with Crippen molar-refractivity contribution in [1.29, 1.82) is 0 Å². The molecule has 1 aliphatic heterocycles. The number of hydrogen-bond acceptors (Lipinski definition) is 3. The predicted molar refractivity (Wildman–Crippen MR) is 68.2 cm³/mol. The Bertz CT molecular complexity index is 256. The third-order valence-electron chi connectivity index (χ3n) is 3.66. The van der Waals surface area contributed by atoms with E-state index in [1.165, 1.54) is 19.3 Å². The summed E-state index contributed by atoms with van der Waals surface area (Å²) in [5, 5.41) is 4.03. The minimum absolute atomic E-state index is 0.0232. The van der Waals surface area contributed by atoms with Crippen LogP contribution < -0.4 is 5.32 Å². The average Bonchev–Trinajstić information content (AvgIpc) is 2.84. The van der Waals surface area contributed by atoms with Crippen LogP contribution in [0.15, 0.2) is 0 Å². The number of amides is 1. The second kappa shape index (κ2) is 6.71. The summed E-state index contributed by atoms with van der Waals surface area (Å²) < 4.78 is 10.6. The Labute approximate surface area is 111 Å². The summed E-state index contributed by atoms with van der Waals surface area (Å²) in [6.07, 6.45) is 3.36. The van der Waals surface area contributed by atoms with E-state index >= 15 is 0 Å². The lowest BCUT2D eigenvalue weighted by Crippen LogP contribution is -2.44. The topological polar surface area (TPSA) is 47.6 Å². The van der Waals surface area contributed by atoms with Crippen LogP contribution in [0.25, 0.3) is 0 Å². The van der Waals surface area contributed by atoms with Gasteiger partial charge in [0.05, 0.1) is 19.8 Å². The molecule has 5 heteroatoms. The second-order valence-electron chi connectivity index (χ2n) is 4.78. The highest BCUT2D eigenvalue weighted by molar-refractivity contribution is 9.09. The van der Waals surface area contributed by atoms with Gasteiger partial charge in [0.25, 0.3) is 5.91 Å². The van der Waals surface area contributed by atoms with Crippen molar-refractivity contribution in [2.75, 3.05) is 31.7 Å². The van der Waals surface area contributed by atoms with Crippen molar-refractivity contribution in [3.05, 3.63) is 0 Å². The van der Waals surface area contributed by atoms with Crippen molar-refractivity contribution < 1.29 is 14.3 Å². The van der Waals surface area contributed by atoms with Crippen molar-refractivity contribution in [3.8, 4) is 0 Å². The smallest absolute Gasteiger partial charge is 0.251 e. The van der Waals surface area contributed by atoms with Crippen LogP contribution in [0.5, 0.6) is 0 Å². The van der Waals surface area contributed by atoms with Crippen LogP contribution in [0, 0.1) is 11.8 Å². The molecule has 17 heavy (non-hydrogen) atoms. The molecular weight excluding hydrogens is 286 g/mol. The van der Waals surface area contributed by atoms with Crippen LogP contribution >= 0.6 is 15.9 Å². The standard InChI is InChI=1S/C12H20BrNO3/c13-6-9-2-1-3-10(9)7-14-12(15)11-8-16-4-5-17-11/h9-11H,1-8H2,(H,14,15). The third-order valence-corrected chi connectivity index (χ3v) is 4.49. The van der Waals surface area contributed by atoms with E-state index in [0.29, 0.717) is 31.7 Å². The summed E-state index contributed by atoms with van der Waals surface area (Å²) >= 11 is 3.54. The number of hydrogen-bond donors (Lipinski definition) is 1. The van der Waals surface area contributed by atoms with Gasteiger partial charge in [-0.05, 0) is 24.7 Å². The first-order valence-electron chi connectivity index (χ1n) is 6.34. The first-order valence-corrected chi connectivity index (χ1v) is 7.46. The summed E-state index contributed by atoms with van der Waals surface area (Å²) in [4.78, 5) is 11.8. The van der Waals surface area contributed by atoms with E-state index in [4.69, 9.17) is 9.47 Å². The third kappa shape index (κ3) is 3.66. The SMILES string of the molecule is O=C(NCC1CCCC1CBr)C1COCCO1. The van der Waals surface area contributed by atoms with Gasteiger partial charge in [-0.1, -0.05) is 22.4 Å². The molecule has 0 radical (unpaired) electrons. The maximum Gasteiger partial charge on any atom is 0.251 e. The zero-order valence-electron chi connectivity index (χ0n) is 9.99. The molecule has 1 heterocycles. The zero-order valence-corrected chi connectivity index (χ0v) is 11.6. The van der Waals surface area contributed by atoms with Crippen LogP contribution in [0.3, 0.4) is 0 Å². The van der Waals surface area contributed by atoms with Gasteiger partial charge in [-0.15, -0.1) is 0 Å². The summed E-state index contributed by atoms with van der Waals surface area (Å²) in [5.74, 6) is 1.30. The number of halogens is 1. The molecule has 1 saturated carbocycles. The predicted octanol–water partition coefficient (Wildman–Crippen LogP) is 1.33. The van der Waals surface area contributed by atoms with Crippen LogP contribution in [0.2, 0.25) is 0 Å². The molecule has 0 bridgehead atoms. The van der Waals surface area contributed by atoms with Gasteiger partial charge >= 0.3 is 0 Å². The van der Waals surface area contributed by atoms with Crippen LogP contribution in [-0.4, -0.2) is 43.7 Å². The number of alkyl halides is 1. The summed E-state index contributed by atoms with van der Waals surface area (Å²) in [5.41, 5.74) is 0. The maximum atomic E-state index is 11.8. The lowest BCUT2D eigenvalue weighted by atomic mass is 9.98. The molecule has 4 nitrogen and oxygen atoms in total. The molecule has 2 rings (SSSR count). The zero-order chi connectivity index (χ0) is 12.1. The molecular formula is C12H20BrNO3. The molecule has 1 saturated heterocycles. The van der Waals surface area contributed by atoms with E-state index < -0.39 is 6.10 Å². The highest BCUT2D eigenvalue weighted by Gasteiger charge is 2.28. The first-order chi connectivity index (χ1) is 8.31. The minimum atomic E-state index is -0.410. The lowest BCUT2D eigenvalue weighted by Gasteiger charge is -2.24. The highest BCUT2D eigenvalue weighted by atomic mass is 79.9. The Morgan fingerprint density at radius 3 is 2.82 bits per heavy atom.